The van der Waals surface area contributed by atoms with Crippen LogP contribution in [0.4, 0.5) is 17.1 Å². The van der Waals surface area contributed by atoms with Crippen LogP contribution in [0.1, 0.15) is 31.1 Å². The molecule has 0 saturated heterocycles. The molecule has 0 heterocycles. The Bertz CT molecular complexity index is 824. The number of nitro groups is 1. The van der Waals surface area contributed by atoms with E-state index in [0.717, 1.165) is 0 Å². The topological polar surface area (TPSA) is 113 Å². The summed E-state index contributed by atoms with van der Waals surface area (Å²) in [6, 6.07) is 12.4. The molecule has 0 aliphatic carbocycles. The van der Waals surface area contributed by atoms with Crippen molar-refractivity contribution in [3.63, 3.8) is 0 Å². The van der Waals surface area contributed by atoms with E-state index in [9.17, 15) is 19.7 Å². The van der Waals surface area contributed by atoms with Gasteiger partial charge >= 0.3 is 0 Å². The summed E-state index contributed by atoms with van der Waals surface area (Å²) in [5.41, 5.74) is 1.35. The molecule has 2 aromatic rings. The number of amides is 2. The van der Waals surface area contributed by atoms with Crippen molar-refractivity contribution < 1.29 is 14.5 Å². The number of nitrogens with zero attached hydrogens (tertiary/aromatic N) is 1. The summed E-state index contributed by atoms with van der Waals surface area (Å²) in [7, 11) is 0. The first kappa shape index (κ1) is 19.9. The molecule has 0 radical (unpaired) electrons. The van der Waals surface area contributed by atoms with E-state index in [1.165, 1.54) is 24.3 Å². The number of nitro benzene ring substituents is 1. The highest BCUT2D eigenvalue weighted by Gasteiger charge is 2.15. The van der Waals surface area contributed by atoms with Gasteiger partial charge < -0.3 is 16.0 Å². The van der Waals surface area contributed by atoms with Gasteiger partial charge in [0.05, 0.1) is 11.5 Å². The minimum absolute atomic E-state index is 0.0184. The highest BCUT2D eigenvalue weighted by atomic mass is 16.6. The fourth-order valence-corrected chi connectivity index (χ4v) is 2.21. The zero-order chi connectivity index (χ0) is 20.0. The first-order chi connectivity index (χ1) is 12.6. The van der Waals surface area contributed by atoms with Crippen LogP contribution in [-0.4, -0.2) is 28.8 Å². The van der Waals surface area contributed by atoms with Crippen LogP contribution in [0.25, 0.3) is 0 Å². The van der Waals surface area contributed by atoms with Crippen LogP contribution >= 0.6 is 0 Å². The number of nitrogens with one attached hydrogen (secondary N) is 3. The van der Waals surface area contributed by atoms with Gasteiger partial charge in [-0.3, -0.25) is 19.7 Å². The SMILES string of the molecule is CC(C)(C)NC(=O)c1ccc(NCC(=O)Nc2ccc([N+](=O)[O-])cc2)cc1. The number of carbonyl (C=O) groups is 2. The van der Waals surface area contributed by atoms with Gasteiger partial charge in [-0.25, -0.2) is 0 Å². The molecule has 0 atom stereocenters. The third-order valence-electron chi connectivity index (χ3n) is 3.45. The summed E-state index contributed by atoms with van der Waals surface area (Å²) in [4.78, 5) is 34.1. The summed E-state index contributed by atoms with van der Waals surface area (Å²) in [6.07, 6.45) is 0. The Balaban J connectivity index is 1.86. The molecule has 27 heavy (non-hydrogen) atoms. The third-order valence-corrected chi connectivity index (χ3v) is 3.45. The highest BCUT2D eigenvalue weighted by molar-refractivity contribution is 5.95. The number of hydrogen-bond donors (Lipinski definition) is 3. The lowest BCUT2D eigenvalue weighted by atomic mass is 10.1. The molecule has 0 aliphatic heterocycles. The van der Waals surface area contributed by atoms with Crippen LogP contribution in [0.2, 0.25) is 0 Å². The van der Waals surface area contributed by atoms with Crippen LogP contribution in [0.5, 0.6) is 0 Å². The molecule has 2 aromatic carbocycles. The Hall–Kier alpha value is -3.42. The first-order valence-corrected chi connectivity index (χ1v) is 8.35. The lowest BCUT2D eigenvalue weighted by Crippen LogP contribution is -2.40. The second-order valence-corrected chi connectivity index (χ2v) is 6.99. The second-order valence-electron chi connectivity index (χ2n) is 6.99. The van der Waals surface area contributed by atoms with E-state index in [1.54, 1.807) is 24.3 Å². The number of carbonyl (C=O) groups excluding carboxylic acids is 2. The molecule has 8 nitrogen and oxygen atoms in total. The average Bonchev–Trinajstić information content (AvgIpc) is 2.59. The number of non-ortho nitro benzene ring substituents is 1. The minimum Gasteiger partial charge on any atom is -0.376 e. The van der Waals surface area contributed by atoms with Gasteiger partial charge in [0.1, 0.15) is 0 Å². The molecule has 0 spiro atoms. The molecule has 0 unspecified atom stereocenters. The van der Waals surface area contributed by atoms with E-state index in [0.29, 0.717) is 16.9 Å². The van der Waals surface area contributed by atoms with Crippen molar-refractivity contribution >= 4 is 28.9 Å². The summed E-state index contributed by atoms with van der Waals surface area (Å²) >= 11 is 0. The lowest BCUT2D eigenvalue weighted by molar-refractivity contribution is -0.384. The predicted octanol–water partition coefficient (Wildman–Crippen LogP) is 3.17. The van der Waals surface area contributed by atoms with E-state index in [2.05, 4.69) is 16.0 Å². The summed E-state index contributed by atoms with van der Waals surface area (Å²) in [6.45, 7) is 5.74. The fraction of sp³-hybridized carbons (Fsp3) is 0.263. The Morgan fingerprint density at radius 2 is 1.52 bits per heavy atom. The Labute approximate surface area is 157 Å². The van der Waals surface area contributed by atoms with Crippen LogP contribution in [0.15, 0.2) is 48.5 Å². The zero-order valence-electron chi connectivity index (χ0n) is 15.4. The van der Waals surface area contributed by atoms with Crippen molar-refractivity contribution in [3.05, 3.63) is 64.2 Å². The number of benzene rings is 2. The molecule has 0 fully saturated rings. The minimum atomic E-state index is -0.501. The van der Waals surface area contributed by atoms with Gasteiger partial charge in [0.25, 0.3) is 11.6 Å². The summed E-state index contributed by atoms with van der Waals surface area (Å²) in [5, 5.41) is 19.1. The molecular formula is C19H22N4O4. The molecule has 2 rings (SSSR count). The molecular weight excluding hydrogens is 348 g/mol. The van der Waals surface area contributed by atoms with Crippen molar-refractivity contribution in [3.8, 4) is 0 Å². The monoisotopic (exact) mass is 370 g/mol. The van der Waals surface area contributed by atoms with Gasteiger partial charge in [-0.05, 0) is 57.2 Å². The largest absolute Gasteiger partial charge is 0.376 e. The summed E-state index contributed by atoms with van der Waals surface area (Å²) in [5.74, 6) is -0.455. The fourth-order valence-electron chi connectivity index (χ4n) is 2.21. The Morgan fingerprint density at radius 3 is 2.04 bits per heavy atom. The number of rotatable bonds is 6. The van der Waals surface area contributed by atoms with Crippen molar-refractivity contribution in [2.45, 2.75) is 26.3 Å². The van der Waals surface area contributed by atoms with Gasteiger partial charge in [0.15, 0.2) is 0 Å². The van der Waals surface area contributed by atoms with Gasteiger partial charge in [-0.15, -0.1) is 0 Å². The molecule has 2 amide bonds. The number of anilines is 2. The van der Waals surface area contributed by atoms with Crippen molar-refractivity contribution in [1.82, 2.24) is 5.32 Å². The lowest BCUT2D eigenvalue weighted by Gasteiger charge is -2.20. The average molecular weight is 370 g/mol. The Kier molecular flexibility index (Phi) is 6.12. The maximum absolute atomic E-state index is 12.1. The van der Waals surface area contributed by atoms with E-state index < -0.39 is 4.92 Å². The van der Waals surface area contributed by atoms with Crippen LogP contribution in [-0.2, 0) is 4.79 Å². The molecule has 0 bridgehead atoms. The molecule has 142 valence electrons. The van der Waals surface area contributed by atoms with E-state index in [4.69, 9.17) is 0 Å². The maximum Gasteiger partial charge on any atom is 0.269 e. The standard InChI is InChI=1S/C19H22N4O4/c1-19(2,3)22-18(25)13-4-6-14(7-5-13)20-12-17(24)21-15-8-10-16(11-9-15)23(26)27/h4-11,20H,12H2,1-3H3,(H,21,24)(H,22,25). The first-order valence-electron chi connectivity index (χ1n) is 8.35. The van der Waals surface area contributed by atoms with Crippen LogP contribution in [0, 0.1) is 10.1 Å². The van der Waals surface area contributed by atoms with E-state index in [-0.39, 0.29) is 29.6 Å². The van der Waals surface area contributed by atoms with Gasteiger partial charge in [0, 0.05) is 34.6 Å². The van der Waals surface area contributed by atoms with Crippen LogP contribution < -0.4 is 16.0 Å². The van der Waals surface area contributed by atoms with Crippen LogP contribution in [0.3, 0.4) is 0 Å². The summed E-state index contributed by atoms with van der Waals surface area (Å²) < 4.78 is 0. The molecule has 8 heteroatoms. The van der Waals surface area contributed by atoms with Crippen molar-refractivity contribution in [2.24, 2.45) is 0 Å². The zero-order valence-corrected chi connectivity index (χ0v) is 15.4. The molecule has 0 saturated carbocycles. The van der Waals surface area contributed by atoms with Gasteiger partial charge in [-0.2, -0.15) is 0 Å². The van der Waals surface area contributed by atoms with Gasteiger partial charge in [0.2, 0.25) is 5.91 Å². The second kappa shape index (κ2) is 8.31. The molecule has 0 aliphatic rings. The molecule has 0 aromatic heterocycles. The maximum atomic E-state index is 12.1. The van der Waals surface area contributed by atoms with Crippen molar-refractivity contribution in [1.29, 1.82) is 0 Å². The third kappa shape index (κ3) is 6.43. The molecule has 3 N–H and O–H groups in total. The van der Waals surface area contributed by atoms with Crippen molar-refractivity contribution in [2.75, 3.05) is 17.2 Å². The van der Waals surface area contributed by atoms with E-state index in [1.807, 2.05) is 20.8 Å². The van der Waals surface area contributed by atoms with E-state index >= 15 is 0 Å². The highest BCUT2D eigenvalue weighted by Crippen LogP contribution is 2.15. The van der Waals surface area contributed by atoms with Gasteiger partial charge in [-0.1, -0.05) is 0 Å². The smallest absolute Gasteiger partial charge is 0.269 e. The normalized spacial score (nSPS) is 10.8. The Morgan fingerprint density at radius 1 is 0.963 bits per heavy atom. The predicted molar refractivity (Wildman–Crippen MR) is 104 cm³/mol. The number of hydrogen-bond acceptors (Lipinski definition) is 5. The quantitative estimate of drug-likeness (QED) is 0.534.